The molecule has 1 aromatic heterocycles. The highest BCUT2D eigenvalue weighted by atomic mass is 79.9. The molecule has 2 rings (SSSR count). The molecule has 0 fully saturated rings. The van der Waals surface area contributed by atoms with Crippen molar-refractivity contribution in [1.82, 2.24) is 0 Å². The maximum absolute atomic E-state index is 12.1. The lowest BCUT2D eigenvalue weighted by Gasteiger charge is -2.15. The molecule has 0 saturated carbocycles. The number of thiophene rings is 1. The van der Waals surface area contributed by atoms with Crippen LogP contribution in [-0.4, -0.2) is 20.0 Å². The van der Waals surface area contributed by atoms with E-state index in [2.05, 4.69) is 21.2 Å². The Morgan fingerprint density at radius 3 is 2.55 bits per heavy atom. The molecule has 0 aliphatic heterocycles. The minimum atomic E-state index is -0.127. The van der Waals surface area contributed by atoms with Gasteiger partial charge in [0, 0.05) is 19.8 Å². The standard InChI is InChI=1S/C14H14BrClN2OS/c1-8-6-12(20-13(8)15)14(19)17-9-4-5-11(18(2)3)10(16)7-9/h4-7H,1-3H3,(H,17,19). The number of anilines is 2. The van der Waals surface area contributed by atoms with Crippen molar-refractivity contribution >= 4 is 56.1 Å². The van der Waals surface area contributed by atoms with Crippen LogP contribution in [0.5, 0.6) is 0 Å². The van der Waals surface area contributed by atoms with E-state index in [-0.39, 0.29) is 5.91 Å². The monoisotopic (exact) mass is 372 g/mol. The summed E-state index contributed by atoms with van der Waals surface area (Å²) in [5.74, 6) is -0.127. The maximum Gasteiger partial charge on any atom is 0.265 e. The van der Waals surface area contributed by atoms with Crippen molar-refractivity contribution in [1.29, 1.82) is 0 Å². The van der Waals surface area contributed by atoms with Gasteiger partial charge in [0.25, 0.3) is 5.91 Å². The van der Waals surface area contributed by atoms with Crippen LogP contribution in [0.2, 0.25) is 5.02 Å². The molecule has 0 radical (unpaired) electrons. The number of carbonyl (C=O) groups is 1. The summed E-state index contributed by atoms with van der Waals surface area (Å²) in [4.78, 5) is 14.7. The second-order valence-corrected chi connectivity index (χ2v) is 7.36. The Bertz CT molecular complexity index is 635. The highest BCUT2D eigenvalue weighted by Crippen LogP contribution is 2.30. The van der Waals surface area contributed by atoms with Crippen LogP contribution in [0, 0.1) is 6.92 Å². The van der Waals surface area contributed by atoms with Gasteiger partial charge in [-0.05, 0) is 52.7 Å². The van der Waals surface area contributed by atoms with Gasteiger partial charge in [-0.15, -0.1) is 11.3 Å². The molecule has 1 amide bonds. The fourth-order valence-electron chi connectivity index (χ4n) is 1.71. The van der Waals surface area contributed by atoms with E-state index in [9.17, 15) is 4.79 Å². The Hall–Kier alpha value is -1.04. The van der Waals surface area contributed by atoms with Gasteiger partial charge in [0.2, 0.25) is 0 Å². The number of halogens is 2. The summed E-state index contributed by atoms with van der Waals surface area (Å²) in [5.41, 5.74) is 2.66. The first-order valence-electron chi connectivity index (χ1n) is 5.92. The van der Waals surface area contributed by atoms with Gasteiger partial charge in [-0.3, -0.25) is 4.79 Å². The zero-order valence-electron chi connectivity index (χ0n) is 11.3. The number of amides is 1. The van der Waals surface area contributed by atoms with Gasteiger partial charge in [0.05, 0.1) is 19.4 Å². The summed E-state index contributed by atoms with van der Waals surface area (Å²) in [6, 6.07) is 7.34. The number of rotatable bonds is 3. The summed E-state index contributed by atoms with van der Waals surface area (Å²) in [6.07, 6.45) is 0. The highest BCUT2D eigenvalue weighted by molar-refractivity contribution is 9.11. The van der Waals surface area contributed by atoms with E-state index in [1.165, 1.54) is 11.3 Å². The van der Waals surface area contributed by atoms with E-state index in [0.29, 0.717) is 15.6 Å². The van der Waals surface area contributed by atoms with Crippen molar-refractivity contribution in [3.63, 3.8) is 0 Å². The second kappa shape index (κ2) is 6.16. The molecule has 0 unspecified atom stereocenters. The second-order valence-electron chi connectivity index (χ2n) is 4.58. The maximum atomic E-state index is 12.1. The number of aryl methyl sites for hydroxylation is 1. The van der Waals surface area contributed by atoms with E-state index in [4.69, 9.17) is 11.6 Å². The Labute approximate surface area is 135 Å². The molecule has 0 aliphatic carbocycles. The van der Waals surface area contributed by atoms with Crippen molar-refractivity contribution < 1.29 is 4.79 Å². The van der Waals surface area contributed by atoms with Crippen LogP contribution in [0.3, 0.4) is 0 Å². The minimum absolute atomic E-state index is 0.127. The van der Waals surface area contributed by atoms with Gasteiger partial charge in [-0.1, -0.05) is 11.6 Å². The van der Waals surface area contributed by atoms with E-state index >= 15 is 0 Å². The van der Waals surface area contributed by atoms with E-state index in [0.717, 1.165) is 15.0 Å². The lowest BCUT2D eigenvalue weighted by Crippen LogP contribution is -2.12. The molecule has 1 heterocycles. The Balaban J connectivity index is 2.18. The normalized spacial score (nSPS) is 10.4. The summed E-state index contributed by atoms with van der Waals surface area (Å²) < 4.78 is 0.976. The molecular formula is C14H14BrClN2OS. The fourth-order valence-corrected chi connectivity index (χ4v) is 3.49. The molecule has 0 aliphatic rings. The third-order valence-electron chi connectivity index (χ3n) is 2.77. The molecular weight excluding hydrogens is 360 g/mol. The van der Waals surface area contributed by atoms with Gasteiger partial charge in [0.15, 0.2) is 0 Å². The average molecular weight is 374 g/mol. The third-order valence-corrected chi connectivity index (χ3v) is 5.21. The molecule has 0 atom stereocenters. The summed E-state index contributed by atoms with van der Waals surface area (Å²) in [7, 11) is 3.84. The number of benzene rings is 1. The molecule has 1 N–H and O–H groups in total. The van der Waals surface area contributed by atoms with Crippen molar-refractivity contribution in [3.05, 3.63) is 43.5 Å². The van der Waals surface area contributed by atoms with Crippen molar-refractivity contribution in [3.8, 4) is 0 Å². The number of hydrogen-bond acceptors (Lipinski definition) is 3. The van der Waals surface area contributed by atoms with Crippen LogP contribution in [-0.2, 0) is 0 Å². The molecule has 0 bridgehead atoms. The van der Waals surface area contributed by atoms with Crippen LogP contribution in [0.4, 0.5) is 11.4 Å². The zero-order valence-corrected chi connectivity index (χ0v) is 14.5. The van der Waals surface area contributed by atoms with Crippen LogP contribution in [0.25, 0.3) is 0 Å². The fraction of sp³-hybridized carbons (Fsp3) is 0.214. The SMILES string of the molecule is Cc1cc(C(=O)Nc2ccc(N(C)C)c(Cl)c2)sc1Br. The van der Waals surface area contributed by atoms with Gasteiger partial charge < -0.3 is 10.2 Å². The predicted molar refractivity (Wildman–Crippen MR) is 90.5 cm³/mol. The van der Waals surface area contributed by atoms with Gasteiger partial charge in [-0.25, -0.2) is 0 Å². The molecule has 6 heteroatoms. The molecule has 0 saturated heterocycles. The zero-order chi connectivity index (χ0) is 14.9. The summed E-state index contributed by atoms with van der Waals surface area (Å²) in [5, 5.41) is 3.46. The predicted octanol–water partition coefficient (Wildman–Crippen LogP) is 4.79. The highest BCUT2D eigenvalue weighted by Gasteiger charge is 2.12. The summed E-state index contributed by atoms with van der Waals surface area (Å²) >= 11 is 11.0. The van der Waals surface area contributed by atoms with Crippen molar-refractivity contribution in [2.45, 2.75) is 6.92 Å². The van der Waals surface area contributed by atoms with Crippen LogP contribution in [0.15, 0.2) is 28.1 Å². The number of nitrogens with one attached hydrogen (secondary N) is 1. The molecule has 3 nitrogen and oxygen atoms in total. The van der Waals surface area contributed by atoms with Gasteiger partial charge in [-0.2, -0.15) is 0 Å². The topological polar surface area (TPSA) is 32.3 Å². The quantitative estimate of drug-likeness (QED) is 0.839. The largest absolute Gasteiger partial charge is 0.376 e. The lowest BCUT2D eigenvalue weighted by atomic mass is 10.2. The minimum Gasteiger partial charge on any atom is -0.376 e. The first-order chi connectivity index (χ1) is 9.38. The first kappa shape index (κ1) is 15.4. The van der Waals surface area contributed by atoms with Crippen LogP contribution in [0.1, 0.15) is 15.2 Å². The Morgan fingerprint density at radius 2 is 2.05 bits per heavy atom. The number of carbonyl (C=O) groups excluding carboxylic acids is 1. The Kier molecular flexibility index (Phi) is 4.73. The molecule has 2 aromatic rings. The molecule has 106 valence electrons. The van der Waals surface area contributed by atoms with E-state index in [1.54, 1.807) is 6.07 Å². The van der Waals surface area contributed by atoms with Crippen LogP contribution < -0.4 is 10.2 Å². The summed E-state index contributed by atoms with van der Waals surface area (Å²) in [6.45, 7) is 1.96. The third kappa shape index (κ3) is 3.34. The van der Waals surface area contributed by atoms with E-state index in [1.807, 2.05) is 44.1 Å². The smallest absolute Gasteiger partial charge is 0.265 e. The van der Waals surface area contributed by atoms with Crippen molar-refractivity contribution in [2.24, 2.45) is 0 Å². The number of nitrogens with zero attached hydrogens (tertiary/aromatic N) is 1. The average Bonchev–Trinajstić information content (AvgIpc) is 2.69. The van der Waals surface area contributed by atoms with Gasteiger partial charge in [0.1, 0.15) is 0 Å². The molecule has 1 aromatic carbocycles. The molecule has 20 heavy (non-hydrogen) atoms. The molecule has 0 spiro atoms. The van der Waals surface area contributed by atoms with Crippen LogP contribution >= 0.6 is 38.9 Å². The first-order valence-corrected chi connectivity index (χ1v) is 7.91. The van der Waals surface area contributed by atoms with Gasteiger partial charge >= 0.3 is 0 Å². The van der Waals surface area contributed by atoms with Crippen molar-refractivity contribution in [2.75, 3.05) is 24.3 Å². The van der Waals surface area contributed by atoms with E-state index < -0.39 is 0 Å². The Morgan fingerprint density at radius 1 is 1.35 bits per heavy atom. The number of hydrogen-bond donors (Lipinski definition) is 1. The lowest BCUT2D eigenvalue weighted by molar-refractivity contribution is 0.103.